The maximum atomic E-state index is 12.4. The van der Waals surface area contributed by atoms with Crippen LogP contribution in [-0.4, -0.2) is 42.7 Å². The fourth-order valence-corrected chi connectivity index (χ4v) is 5.87. The fraction of sp³-hybridized carbons (Fsp3) is 0.409. The lowest BCUT2D eigenvalue weighted by Crippen LogP contribution is -2.35. The van der Waals surface area contributed by atoms with Gasteiger partial charge in [-0.1, -0.05) is 55.4 Å². The second-order valence-corrected chi connectivity index (χ2v) is 9.48. The Morgan fingerprint density at radius 1 is 1.21 bits per heavy atom. The lowest BCUT2D eigenvalue weighted by atomic mass is 10.0. The van der Waals surface area contributed by atoms with Gasteiger partial charge in [-0.05, 0) is 54.9 Å². The number of hydrogen-bond donors (Lipinski definition) is 1. The van der Waals surface area contributed by atoms with Crippen molar-refractivity contribution in [1.29, 1.82) is 0 Å². The maximum absolute atomic E-state index is 12.4. The molecule has 2 aromatic carbocycles. The highest BCUT2D eigenvalue weighted by molar-refractivity contribution is 8.01. The first-order chi connectivity index (χ1) is 13.6. The summed E-state index contributed by atoms with van der Waals surface area (Å²) in [5.74, 6) is 0.579. The first-order valence-electron chi connectivity index (χ1n) is 9.76. The molecule has 150 valence electrons. The Balaban J connectivity index is 1.64. The smallest absolute Gasteiger partial charge is 0.230 e. The molecular weight excluding hydrogens is 408 g/mol. The van der Waals surface area contributed by atoms with Crippen molar-refractivity contribution in [2.45, 2.75) is 35.3 Å². The van der Waals surface area contributed by atoms with E-state index < -0.39 is 0 Å². The molecule has 0 unspecified atom stereocenters. The van der Waals surface area contributed by atoms with E-state index in [1.54, 1.807) is 23.5 Å². The van der Waals surface area contributed by atoms with Gasteiger partial charge >= 0.3 is 0 Å². The molecule has 0 spiro atoms. The summed E-state index contributed by atoms with van der Waals surface area (Å²) in [5, 5.41) is 4.08. The van der Waals surface area contributed by atoms with E-state index in [0.29, 0.717) is 12.3 Å². The van der Waals surface area contributed by atoms with E-state index >= 15 is 0 Å². The number of hydrogen-bond acceptors (Lipinski definition) is 4. The van der Waals surface area contributed by atoms with Crippen LogP contribution < -0.4 is 5.32 Å². The van der Waals surface area contributed by atoms with Crippen LogP contribution in [0, 0.1) is 0 Å². The highest BCUT2D eigenvalue weighted by atomic mass is 35.5. The van der Waals surface area contributed by atoms with Gasteiger partial charge in [-0.3, -0.25) is 4.79 Å². The van der Waals surface area contributed by atoms with Crippen LogP contribution in [0.1, 0.15) is 30.2 Å². The van der Waals surface area contributed by atoms with Crippen molar-refractivity contribution in [2.24, 2.45) is 0 Å². The molecule has 1 atom stereocenters. The number of likely N-dealkylation sites (N-methyl/N-ethyl adjacent to an activating group) is 1. The van der Waals surface area contributed by atoms with Gasteiger partial charge < -0.3 is 10.2 Å². The molecule has 0 fully saturated rings. The first-order valence-corrected chi connectivity index (χ1v) is 12.0. The van der Waals surface area contributed by atoms with Gasteiger partial charge in [0.05, 0.1) is 5.75 Å². The van der Waals surface area contributed by atoms with Gasteiger partial charge in [0, 0.05) is 33.2 Å². The minimum absolute atomic E-state index is 0.109. The van der Waals surface area contributed by atoms with Crippen LogP contribution in [0.2, 0.25) is 5.02 Å². The molecule has 0 saturated heterocycles. The maximum Gasteiger partial charge on any atom is 0.230 e. The van der Waals surface area contributed by atoms with Crippen molar-refractivity contribution in [1.82, 2.24) is 10.2 Å². The van der Waals surface area contributed by atoms with Crippen LogP contribution in [0.4, 0.5) is 0 Å². The second kappa shape index (κ2) is 10.6. The minimum atomic E-state index is 0.109. The molecule has 1 aliphatic heterocycles. The molecule has 2 aromatic rings. The van der Waals surface area contributed by atoms with Crippen LogP contribution in [0.3, 0.4) is 0 Å². The van der Waals surface area contributed by atoms with Crippen molar-refractivity contribution in [3.8, 4) is 0 Å². The quantitative estimate of drug-likeness (QED) is 0.612. The summed E-state index contributed by atoms with van der Waals surface area (Å²) in [6.07, 6.45) is 0.886. The third kappa shape index (κ3) is 5.69. The molecule has 0 saturated carbocycles. The first kappa shape index (κ1) is 21.6. The number of benzene rings is 2. The number of amides is 1. The predicted molar refractivity (Wildman–Crippen MR) is 122 cm³/mol. The average Bonchev–Trinajstić information content (AvgIpc) is 2.86. The van der Waals surface area contributed by atoms with Crippen LogP contribution in [0.5, 0.6) is 0 Å². The lowest BCUT2D eigenvalue weighted by Gasteiger charge is -2.19. The normalized spacial score (nSPS) is 15.6. The van der Waals surface area contributed by atoms with E-state index in [2.05, 4.69) is 60.5 Å². The van der Waals surface area contributed by atoms with Crippen molar-refractivity contribution < 1.29 is 4.79 Å². The van der Waals surface area contributed by atoms with E-state index in [0.717, 1.165) is 31.1 Å². The van der Waals surface area contributed by atoms with Crippen LogP contribution in [-0.2, 0) is 11.2 Å². The van der Waals surface area contributed by atoms with Crippen molar-refractivity contribution in [2.75, 3.05) is 31.9 Å². The van der Waals surface area contributed by atoms with Crippen LogP contribution >= 0.6 is 35.1 Å². The van der Waals surface area contributed by atoms with Gasteiger partial charge in [0.25, 0.3) is 0 Å². The highest BCUT2D eigenvalue weighted by Crippen LogP contribution is 2.46. The number of fused-ring (bicyclic) bond motifs is 2. The predicted octanol–water partition coefficient (Wildman–Crippen LogP) is 5.28. The summed E-state index contributed by atoms with van der Waals surface area (Å²) in [4.78, 5) is 17.2. The molecule has 1 amide bonds. The molecule has 0 bridgehead atoms. The molecule has 3 rings (SSSR count). The largest absolute Gasteiger partial charge is 0.354 e. The number of halogens is 1. The Hall–Kier alpha value is -1.14. The van der Waals surface area contributed by atoms with Crippen molar-refractivity contribution >= 4 is 41.0 Å². The van der Waals surface area contributed by atoms with E-state index in [1.807, 2.05) is 6.07 Å². The summed E-state index contributed by atoms with van der Waals surface area (Å²) in [7, 11) is 0. The van der Waals surface area contributed by atoms with E-state index in [9.17, 15) is 4.79 Å². The Bertz CT molecular complexity index is 811. The zero-order valence-corrected chi connectivity index (χ0v) is 18.8. The summed E-state index contributed by atoms with van der Waals surface area (Å²) in [5.41, 5.74) is 2.56. The fourth-order valence-electron chi connectivity index (χ4n) is 3.34. The standard InChI is InChI=1S/C22H27ClN2OS2/c1-3-25(4-2)12-11-24-22(26)15-27-21-14-16-13-17(23)9-10-19(16)28-20-8-6-5-7-18(20)21/h5-10,13,21H,3-4,11-12,14-15H2,1-2H3,(H,24,26)/t21-/m0/s1. The average molecular weight is 435 g/mol. The van der Waals surface area contributed by atoms with Gasteiger partial charge in [-0.25, -0.2) is 0 Å². The summed E-state index contributed by atoms with van der Waals surface area (Å²) >= 11 is 9.75. The highest BCUT2D eigenvalue weighted by Gasteiger charge is 2.23. The van der Waals surface area contributed by atoms with Gasteiger partial charge in [0.15, 0.2) is 0 Å². The molecule has 1 heterocycles. The second-order valence-electron chi connectivity index (χ2n) is 6.77. The summed E-state index contributed by atoms with van der Waals surface area (Å²) in [6.45, 7) is 7.92. The Labute approximate surface area is 181 Å². The zero-order chi connectivity index (χ0) is 19.9. The van der Waals surface area contributed by atoms with Crippen LogP contribution in [0.25, 0.3) is 0 Å². The Kier molecular flexibility index (Phi) is 8.15. The molecule has 0 aromatic heterocycles. The lowest BCUT2D eigenvalue weighted by molar-refractivity contribution is -0.118. The van der Waals surface area contributed by atoms with E-state index in [4.69, 9.17) is 11.6 Å². The molecule has 1 N–H and O–H groups in total. The monoisotopic (exact) mass is 434 g/mol. The summed E-state index contributed by atoms with van der Waals surface area (Å²) < 4.78 is 0. The third-order valence-corrected chi connectivity index (χ3v) is 7.67. The third-order valence-electron chi connectivity index (χ3n) is 4.97. The van der Waals surface area contributed by atoms with Crippen molar-refractivity contribution in [3.63, 3.8) is 0 Å². The van der Waals surface area contributed by atoms with Gasteiger partial charge in [-0.15, -0.1) is 11.8 Å². The van der Waals surface area contributed by atoms with E-state index in [1.165, 1.54) is 20.9 Å². The molecule has 6 heteroatoms. The SMILES string of the molecule is CCN(CC)CCNC(=O)CS[C@H]1Cc2cc(Cl)ccc2Sc2ccccc21. The molecule has 0 radical (unpaired) electrons. The van der Waals surface area contributed by atoms with E-state index in [-0.39, 0.29) is 11.2 Å². The van der Waals surface area contributed by atoms with Gasteiger partial charge in [0.2, 0.25) is 5.91 Å². The van der Waals surface area contributed by atoms with Gasteiger partial charge in [-0.2, -0.15) is 0 Å². The molecule has 0 aliphatic carbocycles. The molecule has 3 nitrogen and oxygen atoms in total. The zero-order valence-electron chi connectivity index (χ0n) is 16.4. The number of thioether (sulfide) groups is 1. The number of nitrogens with one attached hydrogen (secondary N) is 1. The Morgan fingerprint density at radius 2 is 2.00 bits per heavy atom. The number of carbonyl (C=O) groups is 1. The summed E-state index contributed by atoms with van der Waals surface area (Å²) in [6, 6.07) is 14.6. The number of carbonyl (C=O) groups excluding carboxylic acids is 1. The van der Waals surface area contributed by atoms with Crippen molar-refractivity contribution in [3.05, 3.63) is 58.6 Å². The number of rotatable bonds is 8. The molecular formula is C22H27ClN2OS2. The Morgan fingerprint density at radius 3 is 2.79 bits per heavy atom. The molecule has 28 heavy (non-hydrogen) atoms. The van der Waals surface area contributed by atoms with Crippen LogP contribution in [0.15, 0.2) is 52.3 Å². The molecule has 1 aliphatic rings. The number of nitrogens with zero attached hydrogens (tertiary/aromatic N) is 1. The van der Waals surface area contributed by atoms with Gasteiger partial charge in [0.1, 0.15) is 0 Å². The minimum Gasteiger partial charge on any atom is -0.354 e. The topological polar surface area (TPSA) is 32.3 Å².